The second kappa shape index (κ2) is 10.9. The van der Waals surface area contributed by atoms with Gasteiger partial charge in [-0.1, -0.05) is 23.4 Å². The highest BCUT2D eigenvalue weighted by atomic mass is 35.5. The molecule has 0 spiro atoms. The molecule has 1 atom stereocenters. The number of ether oxygens (including phenoxy) is 1. The van der Waals surface area contributed by atoms with Crippen LogP contribution in [0.15, 0.2) is 59.1 Å². The number of carbonyl (C=O) groups is 1. The van der Waals surface area contributed by atoms with Gasteiger partial charge < -0.3 is 10.1 Å². The number of hydrogen-bond donors (Lipinski definition) is 1. The molecule has 180 valence electrons. The summed E-state index contributed by atoms with van der Waals surface area (Å²) in [5, 5.41) is 15.2. The van der Waals surface area contributed by atoms with Gasteiger partial charge in [0.2, 0.25) is 5.91 Å². The summed E-state index contributed by atoms with van der Waals surface area (Å²) in [4.78, 5) is 17.1. The number of thioether (sulfide) groups is 1. The molecule has 4 aromatic rings. The Morgan fingerprint density at radius 1 is 1.17 bits per heavy atom. The fourth-order valence-electron chi connectivity index (χ4n) is 3.73. The highest BCUT2D eigenvalue weighted by molar-refractivity contribution is 7.99. The number of thiazole rings is 1. The van der Waals surface area contributed by atoms with E-state index in [-0.39, 0.29) is 23.6 Å². The van der Waals surface area contributed by atoms with Crippen molar-refractivity contribution < 1.29 is 13.9 Å². The second-order valence-corrected chi connectivity index (χ2v) is 10.2. The summed E-state index contributed by atoms with van der Waals surface area (Å²) >= 11 is 8.68. The molecule has 11 heteroatoms. The molecule has 3 heterocycles. The molecule has 0 saturated carbocycles. The first kappa shape index (κ1) is 23.9. The summed E-state index contributed by atoms with van der Waals surface area (Å²) in [5.74, 6) is 0.357. The van der Waals surface area contributed by atoms with E-state index >= 15 is 0 Å². The Labute approximate surface area is 214 Å². The van der Waals surface area contributed by atoms with Gasteiger partial charge in [0.15, 0.2) is 16.1 Å². The lowest BCUT2D eigenvalue weighted by Crippen LogP contribution is -2.18. The minimum Gasteiger partial charge on any atom is -0.376 e. The average molecular weight is 530 g/mol. The van der Waals surface area contributed by atoms with Crippen molar-refractivity contribution in [3.8, 4) is 22.6 Å². The van der Waals surface area contributed by atoms with Gasteiger partial charge in [0.1, 0.15) is 5.82 Å². The van der Waals surface area contributed by atoms with E-state index in [0.717, 1.165) is 30.6 Å². The first-order valence-corrected chi connectivity index (χ1v) is 13.2. The van der Waals surface area contributed by atoms with Crippen molar-refractivity contribution in [1.29, 1.82) is 0 Å². The van der Waals surface area contributed by atoms with Crippen LogP contribution >= 0.6 is 34.7 Å². The molecule has 1 amide bonds. The first-order chi connectivity index (χ1) is 17.0. The lowest BCUT2D eigenvalue weighted by molar-refractivity contribution is -0.113. The average Bonchev–Trinajstić information content (AvgIpc) is 3.61. The van der Waals surface area contributed by atoms with Crippen molar-refractivity contribution in [2.24, 2.45) is 0 Å². The van der Waals surface area contributed by atoms with Crippen LogP contribution < -0.4 is 5.32 Å². The Balaban J connectivity index is 1.27. The highest BCUT2D eigenvalue weighted by Gasteiger charge is 2.22. The second-order valence-electron chi connectivity index (χ2n) is 7.94. The molecule has 0 bridgehead atoms. The van der Waals surface area contributed by atoms with Crippen molar-refractivity contribution >= 4 is 45.7 Å². The number of amides is 1. The number of aromatic nitrogens is 4. The number of anilines is 1. The van der Waals surface area contributed by atoms with Crippen LogP contribution in [0.25, 0.3) is 22.6 Å². The Hall–Kier alpha value is -2.79. The molecule has 1 aliphatic heterocycles. The largest absolute Gasteiger partial charge is 0.376 e. The van der Waals surface area contributed by atoms with Crippen LogP contribution in [0, 0.1) is 5.82 Å². The summed E-state index contributed by atoms with van der Waals surface area (Å²) in [6.45, 7) is 1.37. The normalized spacial score (nSPS) is 15.4. The molecule has 0 radical (unpaired) electrons. The van der Waals surface area contributed by atoms with Crippen molar-refractivity contribution in [2.45, 2.75) is 30.6 Å². The van der Waals surface area contributed by atoms with E-state index in [1.54, 1.807) is 12.1 Å². The van der Waals surface area contributed by atoms with Crippen molar-refractivity contribution in [3.63, 3.8) is 0 Å². The zero-order chi connectivity index (χ0) is 24.2. The number of nitrogens with zero attached hydrogens (tertiary/aromatic N) is 4. The number of halogens is 2. The van der Waals surface area contributed by atoms with Crippen LogP contribution in [-0.2, 0) is 16.1 Å². The van der Waals surface area contributed by atoms with E-state index in [9.17, 15) is 9.18 Å². The zero-order valence-corrected chi connectivity index (χ0v) is 20.9. The Morgan fingerprint density at radius 2 is 1.94 bits per heavy atom. The summed E-state index contributed by atoms with van der Waals surface area (Å²) in [6.07, 6.45) is 2.09. The molecule has 1 fully saturated rings. The van der Waals surface area contributed by atoms with Crippen LogP contribution in [0.3, 0.4) is 0 Å². The first-order valence-electron chi connectivity index (χ1n) is 11.0. The summed E-state index contributed by atoms with van der Waals surface area (Å²) < 4.78 is 21.0. The van der Waals surface area contributed by atoms with Crippen LogP contribution in [0.1, 0.15) is 12.8 Å². The molecule has 1 aliphatic rings. The SMILES string of the molecule is O=C(CSc1nnc(-c2ccc(Cl)cc2)n1C[C@H]1CCCO1)Nc1nc(-c2ccc(F)cc2)cs1. The quantitative estimate of drug-likeness (QED) is 0.292. The standard InChI is InChI=1S/C24H21ClFN5O2S2/c25-17-7-3-16(4-8-17)22-29-30-24(31(22)12-19-2-1-11-33-19)35-14-21(32)28-23-27-20(13-34-23)15-5-9-18(26)10-6-15/h3-10,13,19H,1-2,11-12,14H2,(H,27,28,32)/t19-/m1/s1. The number of benzene rings is 2. The monoisotopic (exact) mass is 529 g/mol. The van der Waals surface area contributed by atoms with E-state index in [0.29, 0.717) is 33.4 Å². The predicted octanol–water partition coefficient (Wildman–Crippen LogP) is 5.77. The van der Waals surface area contributed by atoms with Gasteiger partial charge in [0.05, 0.1) is 24.1 Å². The topological polar surface area (TPSA) is 81.9 Å². The number of nitrogens with one attached hydrogen (secondary N) is 1. The van der Waals surface area contributed by atoms with E-state index in [1.807, 2.05) is 34.2 Å². The summed E-state index contributed by atoms with van der Waals surface area (Å²) in [6, 6.07) is 13.5. The van der Waals surface area contributed by atoms with E-state index in [1.165, 1.54) is 35.2 Å². The number of hydrogen-bond acceptors (Lipinski definition) is 7. The lowest BCUT2D eigenvalue weighted by atomic mass is 10.2. The number of rotatable bonds is 8. The van der Waals surface area contributed by atoms with Gasteiger partial charge in [0, 0.05) is 28.1 Å². The third-order valence-corrected chi connectivity index (χ3v) is 7.43. The maximum atomic E-state index is 13.2. The van der Waals surface area contributed by atoms with Gasteiger partial charge in [-0.3, -0.25) is 9.36 Å². The van der Waals surface area contributed by atoms with Crippen LogP contribution in [-0.4, -0.2) is 44.1 Å². The lowest BCUT2D eigenvalue weighted by Gasteiger charge is -2.14. The van der Waals surface area contributed by atoms with Gasteiger partial charge >= 0.3 is 0 Å². The molecular formula is C24H21ClFN5O2S2. The molecule has 1 saturated heterocycles. The minimum atomic E-state index is -0.305. The Morgan fingerprint density at radius 3 is 2.69 bits per heavy atom. The van der Waals surface area contributed by atoms with E-state index in [2.05, 4.69) is 20.5 Å². The molecule has 35 heavy (non-hydrogen) atoms. The van der Waals surface area contributed by atoms with Gasteiger partial charge in [-0.15, -0.1) is 21.5 Å². The summed E-state index contributed by atoms with van der Waals surface area (Å²) in [7, 11) is 0. The molecule has 5 rings (SSSR count). The van der Waals surface area contributed by atoms with Gasteiger partial charge in [-0.05, 0) is 61.4 Å². The Kier molecular flexibility index (Phi) is 7.43. The fourth-order valence-corrected chi connectivity index (χ4v) is 5.34. The minimum absolute atomic E-state index is 0.0884. The molecule has 7 nitrogen and oxygen atoms in total. The molecule has 1 N–H and O–H groups in total. The third-order valence-electron chi connectivity index (χ3n) is 5.45. The molecule has 2 aromatic carbocycles. The molecule has 2 aromatic heterocycles. The molecule has 0 unspecified atom stereocenters. The van der Waals surface area contributed by atoms with Gasteiger partial charge in [-0.2, -0.15) is 0 Å². The molecule has 0 aliphatic carbocycles. The van der Waals surface area contributed by atoms with E-state index < -0.39 is 0 Å². The fraction of sp³-hybridized carbons (Fsp3) is 0.250. The van der Waals surface area contributed by atoms with Crippen molar-refractivity contribution in [2.75, 3.05) is 17.7 Å². The van der Waals surface area contributed by atoms with Gasteiger partial charge in [-0.25, -0.2) is 9.37 Å². The number of carbonyl (C=O) groups excluding carboxylic acids is 1. The van der Waals surface area contributed by atoms with Crippen LogP contribution in [0.2, 0.25) is 5.02 Å². The third kappa shape index (κ3) is 5.90. The predicted molar refractivity (Wildman–Crippen MR) is 136 cm³/mol. The highest BCUT2D eigenvalue weighted by Crippen LogP contribution is 2.28. The van der Waals surface area contributed by atoms with Crippen molar-refractivity contribution in [1.82, 2.24) is 19.7 Å². The summed E-state index contributed by atoms with van der Waals surface area (Å²) in [5.41, 5.74) is 2.36. The van der Waals surface area contributed by atoms with Crippen molar-refractivity contribution in [3.05, 3.63) is 64.8 Å². The smallest absolute Gasteiger partial charge is 0.236 e. The van der Waals surface area contributed by atoms with E-state index in [4.69, 9.17) is 16.3 Å². The van der Waals surface area contributed by atoms with Gasteiger partial charge in [0.25, 0.3) is 0 Å². The van der Waals surface area contributed by atoms with Crippen LogP contribution in [0.5, 0.6) is 0 Å². The Bertz CT molecular complexity index is 1300. The maximum absolute atomic E-state index is 13.2. The maximum Gasteiger partial charge on any atom is 0.236 e. The molecular weight excluding hydrogens is 509 g/mol. The zero-order valence-electron chi connectivity index (χ0n) is 18.5. The van der Waals surface area contributed by atoms with Crippen LogP contribution in [0.4, 0.5) is 9.52 Å².